The van der Waals surface area contributed by atoms with Crippen LogP contribution in [0.1, 0.15) is 392 Å². The Kier molecular flexibility index (Phi) is 102. The molecule has 0 radical (unpaired) electrons. The van der Waals surface area contributed by atoms with E-state index in [2.05, 4.69) is 116 Å². The van der Waals surface area contributed by atoms with Crippen LogP contribution in [0.25, 0.3) is 0 Å². The zero-order valence-electron chi connectivity index (χ0n) is 71.2. The first-order chi connectivity index (χ1) is 54.1. The van der Waals surface area contributed by atoms with E-state index in [-0.39, 0.29) is 96.4 Å². The third-order valence-electron chi connectivity index (χ3n) is 18.1. The fourth-order valence-electron chi connectivity index (χ4n) is 11.6. The van der Waals surface area contributed by atoms with Crippen LogP contribution < -0.4 is 20.4 Å². The molecule has 0 bridgehead atoms. The van der Waals surface area contributed by atoms with Crippen molar-refractivity contribution in [3.63, 3.8) is 0 Å². The molecule has 21 nitrogen and oxygen atoms in total. The number of carboxylic acid groups (broad SMARTS) is 5. The summed E-state index contributed by atoms with van der Waals surface area (Å²) in [4.78, 5) is 106. The first-order valence-corrected chi connectivity index (χ1v) is 50.6. The van der Waals surface area contributed by atoms with Crippen molar-refractivity contribution in [2.24, 2.45) is 0 Å². The van der Waals surface area contributed by atoms with Gasteiger partial charge in [0.25, 0.3) is 0 Å². The van der Waals surface area contributed by atoms with E-state index in [1.165, 1.54) is 57.8 Å². The summed E-state index contributed by atoms with van der Waals surface area (Å²) in [7, 11) is -15.8. The summed E-state index contributed by atoms with van der Waals surface area (Å²) < 4.78 is 50.8. The Bertz CT molecular complexity index is 2570. The van der Waals surface area contributed by atoms with Crippen molar-refractivity contribution in [1.29, 1.82) is 0 Å². The van der Waals surface area contributed by atoms with Crippen LogP contribution in [0.15, 0.2) is 109 Å². The molecule has 658 valence electrons. The number of hydrogen-bond donors (Lipinski definition) is 7. The molecule has 0 fully saturated rings. The Morgan fingerprint density at radius 1 is 0.243 bits per heavy atom. The normalized spacial score (nSPS) is 13.0. The Morgan fingerprint density at radius 3 is 0.600 bits per heavy atom. The fraction of sp³-hybridized carbons (Fsp3) is 0.739. The van der Waals surface area contributed by atoms with E-state index < -0.39 is 60.2 Å². The predicted molar refractivity (Wildman–Crippen MR) is 468 cm³/mol. The fourth-order valence-corrected chi connectivity index (χ4v) is 16.3. The van der Waals surface area contributed by atoms with E-state index in [0.29, 0.717) is 44.9 Å². The molecule has 0 saturated heterocycles. The smallest absolute Gasteiger partial charge is 0.550 e. The van der Waals surface area contributed by atoms with Gasteiger partial charge in [-0.25, -0.2) is 4.31 Å². The first-order valence-electron chi connectivity index (χ1n) is 43.4. The zero-order chi connectivity index (χ0) is 84.6. The minimum Gasteiger partial charge on any atom is -0.550 e. The van der Waals surface area contributed by atoms with Crippen LogP contribution in [0.3, 0.4) is 0 Å². The van der Waals surface area contributed by atoms with Crippen molar-refractivity contribution >= 4 is 106 Å². The molecule has 115 heavy (non-hydrogen) atoms. The largest absolute Gasteiger partial charge is 2.00 e. The minimum atomic E-state index is -4.11. The summed E-state index contributed by atoms with van der Waals surface area (Å²) in [5, 5.41) is 49.7. The zero-order valence-corrected chi connectivity index (χ0v) is 77.6. The summed E-state index contributed by atoms with van der Waals surface area (Å²) in [6, 6.07) is 0. The van der Waals surface area contributed by atoms with Gasteiger partial charge in [0.15, 0.2) is 0 Å². The molecule has 0 amide bonds. The van der Waals surface area contributed by atoms with E-state index >= 15 is 0 Å². The van der Waals surface area contributed by atoms with Gasteiger partial charge in [0.05, 0.1) is 12.3 Å². The molecule has 0 aliphatic heterocycles. The number of carboxylic acids is 5. The Labute approximate surface area is 728 Å². The predicted octanol–water partition coefficient (Wildman–Crippen LogP) is 20.4. The number of aliphatic carboxylic acids is 5. The molecule has 0 aromatic heterocycles. The summed E-state index contributed by atoms with van der Waals surface area (Å²) in [6.45, 7) is 2.24. The molecular weight excluding hydrogens is 1570 g/mol. The average Bonchev–Trinajstić information content (AvgIpc) is 0.868. The number of hydrogen-bond acceptors (Lipinski definition) is 14. The Morgan fingerprint density at radius 2 is 0.409 bits per heavy atom. The SMILES string of the molecule is CCCCCC/C=C\CCCCCCCC(=O)O.O=C([O-])CCCCCCC/C=C\C/C=C\CCCCCP(=O)(O)O.O=C([O-])CCCCCCC/C=C\C/C=C\CCCCCP(=O)(O)O.O=C([O-])CCCCCCC/C=C\C/C=C\CCCCCP(=O)(O)OP(=O)(O)CCCCC/C=C\C/C=C\CCCCCCCC(=O)[O-].[Mg+2].[Mg+2]. The minimum absolute atomic E-state index is 0. The van der Waals surface area contributed by atoms with Gasteiger partial charge in [0, 0.05) is 42.6 Å². The maximum atomic E-state index is 12.3. The molecule has 0 rings (SSSR count). The number of unbranched alkanes of at least 4 members (excludes halogenated alkanes) is 41. The molecule has 0 aliphatic rings. The summed E-state index contributed by atoms with van der Waals surface area (Å²) in [6.07, 6.45) is 93.3. The van der Waals surface area contributed by atoms with Gasteiger partial charge < -0.3 is 74.1 Å². The van der Waals surface area contributed by atoms with Gasteiger partial charge in [-0.15, -0.1) is 0 Å². The van der Waals surface area contributed by atoms with Gasteiger partial charge in [-0.2, -0.15) is 0 Å². The quantitative estimate of drug-likeness (QED) is 0.0129. The van der Waals surface area contributed by atoms with Crippen molar-refractivity contribution in [2.75, 3.05) is 24.6 Å². The molecule has 0 aromatic rings. The van der Waals surface area contributed by atoms with Crippen molar-refractivity contribution in [3.05, 3.63) is 109 Å². The van der Waals surface area contributed by atoms with Crippen LogP contribution in [0.4, 0.5) is 0 Å². The van der Waals surface area contributed by atoms with E-state index in [0.717, 1.165) is 257 Å². The third kappa shape index (κ3) is 127. The second-order valence-corrected chi connectivity index (χ2v) is 37.1. The van der Waals surface area contributed by atoms with Crippen LogP contribution in [0, 0.1) is 0 Å². The van der Waals surface area contributed by atoms with Gasteiger partial charge in [-0.05, 0) is 238 Å². The van der Waals surface area contributed by atoms with Crippen LogP contribution in [-0.4, -0.2) is 135 Å². The van der Waals surface area contributed by atoms with Crippen molar-refractivity contribution in [1.82, 2.24) is 0 Å². The van der Waals surface area contributed by atoms with E-state index in [1.807, 2.05) is 0 Å². The maximum absolute atomic E-state index is 12.3. The average molecular weight is 1720 g/mol. The molecule has 0 spiro atoms. The monoisotopic (exact) mass is 1720 g/mol. The summed E-state index contributed by atoms with van der Waals surface area (Å²) >= 11 is 0. The summed E-state index contributed by atoms with van der Waals surface area (Å²) in [5.74, 6) is -4.51. The van der Waals surface area contributed by atoms with Crippen LogP contribution in [0.2, 0.25) is 0 Å². The molecule has 0 saturated carbocycles. The topological polar surface area (TPSA) is 397 Å². The van der Waals surface area contributed by atoms with Crippen LogP contribution in [0.5, 0.6) is 0 Å². The van der Waals surface area contributed by atoms with Crippen molar-refractivity contribution in [2.45, 2.75) is 392 Å². The van der Waals surface area contributed by atoms with Crippen LogP contribution >= 0.6 is 30.4 Å². The second kappa shape index (κ2) is 95.0. The number of allylic oxidation sites excluding steroid dienone is 18. The standard InChI is InChI=1S/C36H64O9P2.2C18H33O5P.C16H30O2.2Mg/c37-35(38)31-27-23-19-15-11-7-3-1-5-9-13-17-21-25-29-33-46(41,42)45-47(43,44)34-30-26-22-18-14-10-6-2-4-8-12-16-20-24-28-32-36(39)40;2*19-18(20)16-14-12-10-8-6-4-2-1-3-5-7-9-11-13-15-17-24(21,22)23;1-2-3-4-5-6-7-8-9-10-11-12-13-14-15-16(17)18;;/h1-4,9-10,13-14H,5-8,11-12,15-34H2,(H,37,38)(H,39,40)(H,41,42)(H,43,44);2*1-2,5,7H,3-4,6,8-17H2,(H,19,20)(H2,21,22,23);7-8H,2-6,9-15H2,1H3,(H,17,18);;/q;;;;2*+2/p-4/b3-1-,4-2-,13-9-,14-10-;2*2-1-,7-5-;8-7-;;. The Balaban J connectivity index is -0.000000370. The van der Waals surface area contributed by atoms with Gasteiger partial charge in [-0.3, -0.25) is 23.1 Å². The van der Waals surface area contributed by atoms with E-state index in [4.69, 9.17) is 29.0 Å². The molecule has 2 atom stereocenters. The van der Waals surface area contributed by atoms with Crippen molar-refractivity contribution in [3.8, 4) is 0 Å². The maximum Gasteiger partial charge on any atom is 2.00 e. The Hall–Kier alpha value is -2.82. The molecule has 0 aliphatic carbocycles. The molecule has 0 aromatic carbocycles. The van der Waals surface area contributed by atoms with E-state index in [1.54, 1.807) is 0 Å². The van der Waals surface area contributed by atoms with Crippen LogP contribution in [-0.2, 0) is 46.5 Å². The first kappa shape index (κ1) is 123. The number of carbonyl (C=O) groups excluding carboxylic acids is 4. The van der Waals surface area contributed by atoms with Gasteiger partial charge in [0.1, 0.15) is 0 Å². The van der Waals surface area contributed by atoms with Gasteiger partial charge in [0.2, 0.25) is 0 Å². The summed E-state index contributed by atoms with van der Waals surface area (Å²) in [5.41, 5.74) is 0. The van der Waals surface area contributed by atoms with Gasteiger partial charge in [-0.1, -0.05) is 258 Å². The number of rotatable bonds is 79. The third-order valence-corrected chi connectivity index (χ3v) is 23.7. The van der Waals surface area contributed by atoms with E-state index in [9.17, 15) is 72.4 Å². The number of carbonyl (C=O) groups is 5. The molecule has 27 heteroatoms. The second-order valence-electron chi connectivity index (χ2n) is 29.4. The molecular formula is C88H156Mg2O21P4. The molecule has 2 unspecified atom stereocenters. The van der Waals surface area contributed by atoms with Crippen molar-refractivity contribution < 1.29 is 101 Å². The van der Waals surface area contributed by atoms with Gasteiger partial charge >= 0.3 is 82.5 Å². The molecule has 7 N–H and O–H groups in total. The molecule has 0 heterocycles.